The summed E-state index contributed by atoms with van der Waals surface area (Å²) in [6, 6.07) is 8.73. The molecule has 7 heteroatoms. The van der Waals surface area contributed by atoms with Gasteiger partial charge in [-0.2, -0.15) is 9.94 Å². The third-order valence-electron chi connectivity index (χ3n) is 2.18. The number of benzene rings is 1. The number of rotatable bonds is 3. The molecule has 90 valence electrons. The number of ether oxygens (including phenoxy) is 1. The zero-order valence-electron chi connectivity index (χ0n) is 9.57. The quantitative estimate of drug-likeness (QED) is 0.737. The van der Waals surface area contributed by atoms with Gasteiger partial charge in [0.25, 0.3) is 5.82 Å². The van der Waals surface area contributed by atoms with Crippen molar-refractivity contribution in [2.24, 2.45) is 0 Å². The molecule has 1 aromatic heterocycles. The van der Waals surface area contributed by atoms with Crippen molar-refractivity contribution in [3.05, 3.63) is 35.7 Å². The Bertz CT molecular complexity index is 614. The Morgan fingerprint density at radius 1 is 1.50 bits per heavy atom. The van der Waals surface area contributed by atoms with Gasteiger partial charge in [-0.05, 0) is 29.5 Å². The Hall–Kier alpha value is -2.75. The number of aromatic nitrogens is 4. The van der Waals surface area contributed by atoms with Gasteiger partial charge in [-0.3, -0.25) is 0 Å². The molecule has 0 bridgehead atoms. The van der Waals surface area contributed by atoms with E-state index >= 15 is 0 Å². The van der Waals surface area contributed by atoms with Crippen molar-refractivity contribution < 1.29 is 9.53 Å². The van der Waals surface area contributed by atoms with Crippen LogP contribution in [0.2, 0.25) is 0 Å². The summed E-state index contributed by atoms with van der Waals surface area (Å²) in [6.45, 7) is 1.92. The number of nitriles is 1. The fraction of sp³-hybridized carbons (Fsp3) is 0.182. The molecule has 2 rings (SSSR count). The van der Waals surface area contributed by atoms with E-state index in [1.165, 1.54) is 4.68 Å². The van der Waals surface area contributed by atoms with Gasteiger partial charge < -0.3 is 4.74 Å². The van der Waals surface area contributed by atoms with E-state index in [-0.39, 0.29) is 12.4 Å². The summed E-state index contributed by atoms with van der Waals surface area (Å²) in [5.74, 6) is -0.685. The maximum Gasteiger partial charge on any atom is 0.378 e. The number of tetrazole rings is 1. The van der Waals surface area contributed by atoms with Gasteiger partial charge in [0, 0.05) is 0 Å². The topological polar surface area (TPSA) is 93.7 Å². The molecule has 0 amide bonds. The number of nitrogens with zero attached hydrogens (tertiary/aromatic N) is 5. The standard InChI is InChI=1S/C11H9N5O2/c1-2-18-11(17)10-13-14-15-16(10)9-6-4-3-5-8(9)7-12/h3-6H,2H2,1H3. The molecule has 0 atom stereocenters. The van der Waals surface area contributed by atoms with Crippen molar-refractivity contribution in [3.8, 4) is 11.8 Å². The van der Waals surface area contributed by atoms with Crippen LogP contribution in [0.1, 0.15) is 23.1 Å². The molecule has 1 aromatic carbocycles. The molecule has 0 N–H and O–H groups in total. The lowest BCUT2D eigenvalue weighted by atomic mass is 10.2. The Labute approximate surface area is 103 Å². The first kappa shape index (κ1) is 11.7. The number of hydrogen-bond donors (Lipinski definition) is 0. The minimum atomic E-state index is -0.629. The number of esters is 1. The Balaban J connectivity index is 2.50. The minimum absolute atomic E-state index is 0.0560. The average molecular weight is 243 g/mol. The molecule has 0 fully saturated rings. The van der Waals surface area contributed by atoms with Gasteiger partial charge in [0.05, 0.1) is 17.9 Å². The van der Waals surface area contributed by atoms with Gasteiger partial charge in [-0.1, -0.05) is 12.1 Å². The van der Waals surface area contributed by atoms with Crippen molar-refractivity contribution in [2.75, 3.05) is 6.61 Å². The van der Waals surface area contributed by atoms with E-state index in [0.717, 1.165) is 0 Å². The Morgan fingerprint density at radius 2 is 2.28 bits per heavy atom. The van der Waals surface area contributed by atoms with Crippen LogP contribution < -0.4 is 0 Å². The number of carbonyl (C=O) groups is 1. The summed E-state index contributed by atoms with van der Waals surface area (Å²) in [6.07, 6.45) is 0. The maximum atomic E-state index is 11.6. The van der Waals surface area contributed by atoms with Crippen molar-refractivity contribution in [3.63, 3.8) is 0 Å². The highest BCUT2D eigenvalue weighted by Gasteiger charge is 2.19. The summed E-state index contributed by atoms with van der Waals surface area (Å²) in [5, 5.41) is 19.7. The molecule has 0 aliphatic carbocycles. The lowest BCUT2D eigenvalue weighted by Crippen LogP contribution is -2.14. The molecule has 7 nitrogen and oxygen atoms in total. The first-order valence-electron chi connectivity index (χ1n) is 5.23. The van der Waals surface area contributed by atoms with Crippen LogP contribution in [0, 0.1) is 11.3 Å². The highest BCUT2D eigenvalue weighted by Crippen LogP contribution is 2.13. The smallest absolute Gasteiger partial charge is 0.378 e. The molecule has 0 radical (unpaired) electrons. The number of hydrogen-bond acceptors (Lipinski definition) is 6. The first-order chi connectivity index (χ1) is 8.77. The van der Waals surface area contributed by atoms with Gasteiger partial charge >= 0.3 is 5.97 Å². The second kappa shape index (κ2) is 5.05. The molecule has 18 heavy (non-hydrogen) atoms. The number of para-hydroxylation sites is 1. The molecule has 0 saturated carbocycles. The van der Waals surface area contributed by atoms with E-state index in [0.29, 0.717) is 11.3 Å². The van der Waals surface area contributed by atoms with Crippen molar-refractivity contribution >= 4 is 5.97 Å². The third-order valence-corrected chi connectivity index (χ3v) is 2.18. The Morgan fingerprint density at radius 3 is 3.00 bits per heavy atom. The Kier molecular flexibility index (Phi) is 3.29. The average Bonchev–Trinajstić information content (AvgIpc) is 2.88. The predicted molar refractivity (Wildman–Crippen MR) is 59.8 cm³/mol. The van der Waals surface area contributed by atoms with Crippen LogP contribution in [-0.2, 0) is 4.74 Å². The van der Waals surface area contributed by atoms with E-state index < -0.39 is 5.97 Å². The van der Waals surface area contributed by atoms with E-state index in [1.807, 2.05) is 6.07 Å². The van der Waals surface area contributed by atoms with Crippen molar-refractivity contribution in [1.82, 2.24) is 20.2 Å². The summed E-state index contributed by atoms with van der Waals surface area (Å²) in [4.78, 5) is 11.6. The summed E-state index contributed by atoms with van der Waals surface area (Å²) in [5.41, 5.74) is 0.809. The largest absolute Gasteiger partial charge is 0.460 e. The zero-order chi connectivity index (χ0) is 13.0. The fourth-order valence-electron chi connectivity index (χ4n) is 1.43. The van der Waals surface area contributed by atoms with Crippen LogP contribution in [-0.4, -0.2) is 32.8 Å². The van der Waals surface area contributed by atoms with E-state index in [9.17, 15) is 4.79 Å². The molecular formula is C11H9N5O2. The van der Waals surface area contributed by atoms with Gasteiger partial charge in [0.2, 0.25) is 0 Å². The molecule has 0 aliphatic rings. The third kappa shape index (κ3) is 2.04. The van der Waals surface area contributed by atoms with Crippen LogP contribution in [0.15, 0.2) is 24.3 Å². The fourth-order valence-corrected chi connectivity index (χ4v) is 1.43. The van der Waals surface area contributed by atoms with Gasteiger partial charge in [0.15, 0.2) is 0 Å². The molecule has 0 saturated heterocycles. The normalized spacial score (nSPS) is 9.78. The van der Waals surface area contributed by atoms with Crippen LogP contribution >= 0.6 is 0 Å². The van der Waals surface area contributed by atoms with Crippen molar-refractivity contribution in [1.29, 1.82) is 5.26 Å². The van der Waals surface area contributed by atoms with Crippen molar-refractivity contribution in [2.45, 2.75) is 6.92 Å². The SMILES string of the molecule is CCOC(=O)c1nnnn1-c1ccccc1C#N. The molecule has 1 heterocycles. The highest BCUT2D eigenvalue weighted by atomic mass is 16.5. The van der Waals surface area contributed by atoms with E-state index in [1.54, 1.807) is 31.2 Å². The monoisotopic (exact) mass is 243 g/mol. The lowest BCUT2D eigenvalue weighted by Gasteiger charge is -2.05. The second-order valence-electron chi connectivity index (χ2n) is 3.26. The van der Waals surface area contributed by atoms with Gasteiger partial charge in [-0.15, -0.1) is 5.10 Å². The summed E-state index contributed by atoms with van der Waals surface area (Å²) in [7, 11) is 0. The highest BCUT2D eigenvalue weighted by molar-refractivity contribution is 5.85. The predicted octanol–water partition coefficient (Wildman–Crippen LogP) is 0.711. The molecule has 0 unspecified atom stereocenters. The van der Waals surface area contributed by atoms with Crippen LogP contribution in [0.4, 0.5) is 0 Å². The molecule has 0 spiro atoms. The van der Waals surface area contributed by atoms with Gasteiger partial charge in [-0.25, -0.2) is 4.79 Å². The molecular weight excluding hydrogens is 234 g/mol. The van der Waals surface area contributed by atoms with E-state index in [4.69, 9.17) is 10.00 Å². The number of carbonyl (C=O) groups excluding carboxylic acids is 1. The summed E-state index contributed by atoms with van der Waals surface area (Å²) >= 11 is 0. The van der Waals surface area contributed by atoms with Crippen LogP contribution in [0.5, 0.6) is 0 Å². The second-order valence-corrected chi connectivity index (χ2v) is 3.26. The summed E-state index contributed by atoms with van der Waals surface area (Å²) < 4.78 is 6.03. The minimum Gasteiger partial charge on any atom is -0.460 e. The van der Waals surface area contributed by atoms with Gasteiger partial charge in [0.1, 0.15) is 6.07 Å². The first-order valence-corrected chi connectivity index (χ1v) is 5.23. The lowest BCUT2D eigenvalue weighted by molar-refractivity contribution is 0.0508. The zero-order valence-corrected chi connectivity index (χ0v) is 9.57. The van der Waals surface area contributed by atoms with Crippen LogP contribution in [0.3, 0.4) is 0 Å². The van der Waals surface area contributed by atoms with E-state index in [2.05, 4.69) is 15.5 Å². The maximum absolute atomic E-state index is 11.6. The van der Waals surface area contributed by atoms with Crippen LogP contribution in [0.25, 0.3) is 5.69 Å². The molecule has 2 aromatic rings. The molecule has 0 aliphatic heterocycles.